The van der Waals surface area contributed by atoms with Crippen LogP contribution in [0.5, 0.6) is 0 Å². The van der Waals surface area contributed by atoms with Gasteiger partial charge in [0, 0.05) is 17.6 Å². The number of halogens is 1. The number of anilines is 1. The van der Waals surface area contributed by atoms with E-state index in [1.165, 1.54) is 33.5 Å². The lowest BCUT2D eigenvalue weighted by Crippen LogP contribution is -2.60. The van der Waals surface area contributed by atoms with Crippen LogP contribution in [0.4, 0.5) is 11.4 Å². The summed E-state index contributed by atoms with van der Waals surface area (Å²) in [4.78, 5) is 41.2. The molecule has 0 radical (unpaired) electrons. The van der Waals surface area contributed by atoms with Gasteiger partial charge in [-0.2, -0.15) is 0 Å². The Labute approximate surface area is 185 Å². The van der Waals surface area contributed by atoms with Gasteiger partial charge >= 0.3 is 11.3 Å². The Balaban J connectivity index is 2.09. The van der Waals surface area contributed by atoms with Gasteiger partial charge in [-0.05, 0) is 35.2 Å². The third kappa shape index (κ3) is 3.47. The van der Waals surface area contributed by atoms with Crippen LogP contribution in [0.15, 0.2) is 52.4 Å². The molecular weight excluding hydrogens is 442 g/mol. The van der Waals surface area contributed by atoms with Crippen molar-refractivity contribution < 1.29 is 14.4 Å². The highest BCUT2D eigenvalue weighted by molar-refractivity contribution is 7.98. The quantitative estimate of drug-likeness (QED) is 0.278. The Kier molecular flexibility index (Phi) is 5.50. The summed E-state index contributed by atoms with van der Waals surface area (Å²) in [7, 11) is 0. The molecule has 4 rings (SSSR count). The number of nitro benzene ring substituents is 1. The van der Waals surface area contributed by atoms with Gasteiger partial charge in [0.2, 0.25) is 11.1 Å². The lowest BCUT2D eigenvalue weighted by atomic mass is 10.0. The molecule has 2 heterocycles. The van der Waals surface area contributed by atoms with Crippen LogP contribution in [0.2, 0.25) is 5.02 Å². The summed E-state index contributed by atoms with van der Waals surface area (Å²) in [5.74, 6) is -0.221. The Morgan fingerprint density at radius 2 is 2.10 bits per heavy atom. The van der Waals surface area contributed by atoms with Crippen molar-refractivity contribution in [1.82, 2.24) is 10.1 Å². The molecule has 1 aliphatic rings. The predicted molar refractivity (Wildman–Crippen MR) is 116 cm³/mol. The smallest absolute Gasteiger partial charge is 0.291 e. The first-order valence-electron chi connectivity index (χ1n) is 9.32. The third-order valence-corrected chi connectivity index (χ3v) is 5.88. The van der Waals surface area contributed by atoms with Crippen LogP contribution in [0.3, 0.4) is 0 Å². The first-order valence-corrected chi connectivity index (χ1v) is 10.9. The molecule has 1 atom stereocenters. The van der Waals surface area contributed by atoms with Crippen molar-refractivity contribution >= 4 is 40.6 Å². The van der Waals surface area contributed by atoms with E-state index in [9.17, 15) is 19.7 Å². The van der Waals surface area contributed by atoms with Crippen molar-refractivity contribution in [2.24, 2.45) is 0 Å². The number of aromatic nitrogens is 3. The molecule has 0 bridgehead atoms. The SMILES string of the molecule is CCC(=O)N1c2ccccc2-c2c(=O)[nH]c(SC)n[n+]2C1c1ccc(Cl)c([N+](=O)[O-])c1. The fourth-order valence-corrected chi connectivity index (χ4v) is 4.19. The normalized spacial score (nSPS) is 14.7. The number of para-hydroxylation sites is 1. The number of aromatic amines is 1. The minimum Gasteiger partial charge on any atom is -0.291 e. The van der Waals surface area contributed by atoms with E-state index >= 15 is 0 Å². The average Bonchev–Trinajstić information content (AvgIpc) is 2.77. The maximum atomic E-state index is 13.1. The average molecular weight is 459 g/mol. The molecule has 0 saturated carbocycles. The highest BCUT2D eigenvalue weighted by Gasteiger charge is 2.45. The fourth-order valence-electron chi connectivity index (χ4n) is 3.63. The number of rotatable bonds is 4. The van der Waals surface area contributed by atoms with Crippen molar-refractivity contribution in [3.05, 3.63) is 73.5 Å². The zero-order valence-electron chi connectivity index (χ0n) is 16.5. The highest BCUT2D eigenvalue weighted by Crippen LogP contribution is 2.39. The van der Waals surface area contributed by atoms with Gasteiger partial charge in [0.15, 0.2) is 0 Å². The number of fused-ring (bicyclic) bond motifs is 3. The van der Waals surface area contributed by atoms with Gasteiger partial charge in [0.25, 0.3) is 11.9 Å². The number of nitrogens with one attached hydrogen (secondary N) is 1. The van der Waals surface area contributed by atoms with Crippen molar-refractivity contribution in [2.75, 3.05) is 11.2 Å². The number of thioether (sulfide) groups is 1. The van der Waals surface area contributed by atoms with Gasteiger partial charge in [0.1, 0.15) is 5.02 Å². The topological polar surface area (TPSA) is 113 Å². The summed E-state index contributed by atoms with van der Waals surface area (Å²) in [6, 6.07) is 11.3. The fraction of sp³-hybridized carbons (Fsp3) is 0.200. The number of carbonyl (C=O) groups excluding carboxylic acids is 1. The summed E-state index contributed by atoms with van der Waals surface area (Å²) >= 11 is 7.25. The van der Waals surface area contributed by atoms with Gasteiger partial charge in [0.05, 0.1) is 21.7 Å². The van der Waals surface area contributed by atoms with Gasteiger partial charge in [-0.1, -0.05) is 42.4 Å². The van der Waals surface area contributed by atoms with Gasteiger partial charge in [-0.25, -0.2) is 4.90 Å². The highest BCUT2D eigenvalue weighted by atomic mass is 35.5. The van der Waals surface area contributed by atoms with E-state index in [1.807, 2.05) is 0 Å². The van der Waals surface area contributed by atoms with E-state index in [0.29, 0.717) is 22.0 Å². The number of carbonyl (C=O) groups is 1. The Hall–Kier alpha value is -3.24. The number of benzene rings is 2. The minimum atomic E-state index is -0.901. The molecule has 11 heteroatoms. The Morgan fingerprint density at radius 1 is 1.35 bits per heavy atom. The zero-order valence-corrected chi connectivity index (χ0v) is 18.1. The molecule has 0 saturated heterocycles. The Morgan fingerprint density at radius 3 is 2.77 bits per heavy atom. The van der Waals surface area contributed by atoms with Crippen molar-refractivity contribution in [3.8, 4) is 11.3 Å². The summed E-state index contributed by atoms with van der Waals surface area (Å²) in [6.45, 7) is 1.73. The molecule has 3 aromatic rings. The predicted octanol–water partition coefficient (Wildman–Crippen LogP) is 3.31. The summed E-state index contributed by atoms with van der Waals surface area (Å²) in [5.41, 5.74) is 1.08. The monoisotopic (exact) mass is 458 g/mol. The molecule has 0 fully saturated rings. The largest absolute Gasteiger partial charge is 0.325 e. The molecule has 1 aliphatic heterocycles. The van der Waals surface area contributed by atoms with E-state index in [1.54, 1.807) is 43.5 Å². The second-order valence-electron chi connectivity index (χ2n) is 6.73. The van der Waals surface area contributed by atoms with Gasteiger partial charge in [-0.3, -0.25) is 24.7 Å². The maximum Gasteiger partial charge on any atom is 0.325 e. The lowest BCUT2D eigenvalue weighted by Gasteiger charge is -2.31. The van der Waals surface area contributed by atoms with E-state index in [4.69, 9.17) is 11.6 Å². The van der Waals surface area contributed by atoms with Crippen LogP contribution < -0.4 is 15.1 Å². The van der Waals surface area contributed by atoms with Crippen LogP contribution in [-0.2, 0) is 4.79 Å². The van der Waals surface area contributed by atoms with Gasteiger partial charge < -0.3 is 0 Å². The number of nitrogens with zero attached hydrogens (tertiary/aromatic N) is 4. The molecule has 1 N–H and O–H groups in total. The van der Waals surface area contributed by atoms with Crippen LogP contribution in [0, 0.1) is 10.1 Å². The van der Waals surface area contributed by atoms with Crippen molar-refractivity contribution in [2.45, 2.75) is 24.7 Å². The summed E-state index contributed by atoms with van der Waals surface area (Å²) in [5, 5.41) is 16.4. The summed E-state index contributed by atoms with van der Waals surface area (Å²) in [6.07, 6.45) is 1.05. The molecule has 158 valence electrons. The maximum absolute atomic E-state index is 13.1. The molecule has 2 aromatic carbocycles. The Bertz CT molecular complexity index is 1280. The molecule has 1 amide bonds. The molecule has 31 heavy (non-hydrogen) atoms. The van der Waals surface area contributed by atoms with Crippen molar-refractivity contribution in [1.29, 1.82) is 0 Å². The molecule has 9 nitrogen and oxygen atoms in total. The number of nitro groups is 1. The van der Waals surface area contributed by atoms with E-state index in [-0.39, 0.29) is 34.3 Å². The van der Waals surface area contributed by atoms with Gasteiger partial charge in [-0.15, -0.1) is 0 Å². The van der Waals surface area contributed by atoms with E-state index < -0.39 is 11.1 Å². The molecule has 1 aromatic heterocycles. The molecule has 1 unspecified atom stereocenters. The second-order valence-corrected chi connectivity index (χ2v) is 7.93. The first kappa shape index (κ1) is 21.0. The zero-order chi connectivity index (χ0) is 22.3. The third-order valence-electron chi connectivity index (χ3n) is 4.99. The van der Waals surface area contributed by atoms with Crippen LogP contribution in [0.1, 0.15) is 25.1 Å². The van der Waals surface area contributed by atoms with E-state index in [2.05, 4.69) is 10.1 Å². The number of hydrogen-bond donors (Lipinski definition) is 1. The minimum absolute atomic E-state index is 0.0211. The molecular formula is C20H17ClN5O4S+. The van der Waals surface area contributed by atoms with Crippen LogP contribution >= 0.6 is 23.4 Å². The number of amides is 1. The second kappa shape index (κ2) is 8.12. The first-order chi connectivity index (χ1) is 14.9. The van der Waals surface area contributed by atoms with Crippen LogP contribution in [-0.4, -0.2) is 27.2 Å². The number of hydrogen-bond acceptors (Lipinski definition) is 6. The standard InChI is InChI=1S/C20H16ClN5O4S/c1-3-16(27)24-14-7-5-4-6-12(14)17-18(28)22-20(31-2)23-25(17)19(24)11-8-9-13(21)15(10-11)26(29)30/h4-10,19H,3H2,1-2H3/p+1. The molecule has 0 spiro atoms. The lowest BCUT2D eigenvalue weighted by molar-refractivity contribution is -0.763. The number of H-pyrrole nitrogens is 1. The van der Waals surface area contributed by atoms with E-state index in [0.717, 1.165) is 0 Å². The summed E-state index contributed by atoms with van der Waals surface area (Å²) < 4.78 is 1.45. The molecule has 0 aliphatic carbocycles. The van der Waals surface area contributed by atoms with Crippen LogP contribution in [0.25, 0.3) is 11.3 Å². The van der Waals surface area contributed by atoms with Crippen molar-refractivity contribution in [3.63, 3.8) is 0 Å².